The van der Waals surface area contributed by atoms with Crippen LogP contribution in [0.25, 0.3) is 0 Å². The van der Waals surface area contributed by atoms with Crippen molar-refractivity contribution in [3.8, 4) is 0 Å². The van der Waals surface area contributed by atoms with Crippen molar-refractivity contribution in [3.05, 3.63) is 0 Å². The van der Waals surface area contributed by atoms with Crippen molar-refractivity contribution in [2.75, 3.05) is 13.2 Å². The van der Waals surface area contributed by atoms with E-state index in [1.165, 1.54) is 0 Å². The van der Waals surface area contributed by atoms with Crippen molar-refractivity contribution in [1.82, 2.24) is 0 Å². The molecule has 0 aromatic rings. The van der Waals surface area contributed by atoms with Gasteiger partial charge in [-0.25, -0.2) is 0 Å². The van der Waals surface area contributed by atoms with E-state index in [1.54, 1.807) is 0 Å². The van der Waals surface area contributed by atoms with Gasteiger partial charge in [-0.15, -0.1) is 9.05 Å². The van der Waals surface area contributed by atoms with Crippen molar-refractivity contribution >= 4 is 17.4 Å². The third-order valence-electron chi connectivity index (χ3n) is 1.32. The van der Waals surface area contributed by atoms with Crippen LogP contribution in [0.4, 0.5) is 0 Å². The van der Waals surface area contributed by atoms with Crippen LogP contribution in [0.3, 0.4) is 0 Å². The molecule has 0 aromatic carbocycles. The Kier molecular flexibility index (Phi) is 22.2. The number of rotatable bonds is 8. The zero-order valence-electron chi connectivity index (χ0n) is 8.88. The largest absolute Gasteiger partial charge is 0.494 e. The Labute approximate surface area is 88.9 Å². The number of unbranched alkanes of at least 4 members (excludes halogenated alkanes) is 2. The molecule has 0 N–H and O–H groups in total. The maximum atomic E-state index is 9.61. The molecule has 0 saturated carbocycles. The molecule has 0 amide bonds. The summed E-state index contributed by atoms with van der Waals surface area (Å²) >= 11 is 0. The van der Waals surface area contributed by atoms with E-state index in [9.17, 15) is 9.13 Å². The predicted molar refractivity (Wildman–Crippen MR) is 59.7 cm³/mol. The van der Waals surface area contributed by atoms with E-state index < -0.39 is 17.4 Å². The lowest BCUT2D eigenvalue weighted by Crippen LogP contribution is -1.79. The van der Waals surface area contributed by atoms with Crippen LogP contribution in [-0.2, 0) is 18.2 Å². The Bertz CT molecular complexity index is 108. The lowest BCUT2D eigenvalue weighted by molar-refractivity contribution is 0.333. The molecule has 14 heavy (non-hydrogen) atoms. The standard InChI is InChI=1S/2C4H10O2P/c2*1-2-3-4-6-7-5/h2*7H,2-4H2,1H3/q2*+1. The van der Waals surface area contributed by atoms with Crippen LogP contribution in [0.2, 0.25) is 0 Å². The van der Waals surface area contributed by atoms with Crippen LogP contribution >= 0.6 is 17.4 Å². The monoisotopic (exact) mass is 242 g/mol. The number of hydrogen-bond donors (Lipinski definition) is 0. The summed E-state index contributed by atoms with van der Waals surface area (Å²) in [4.78, 5) is 0. The van der Waals surface area contributed by atoms with Crippen LogP contribution in [-0.4, -0.2) is 13.2 Å². The topological polar surface area (TPSA) is 52.6 Å². The lowest BCUT2D eigenvalue weighted by atomic mass is 10.4. The van der Waals surface area contributed by atoms with Gasteiger partial charge in [-0.2, -0.15) is 0 Å². The highest BCUT2D eigenvalue weighted by atomic mass is 31.1. The van der Waals surface area contributed by atoms with Gasteiger partial charge in [0, 0.05) is 0 Å². The van der Waals surface area contributed by atoms with Crippen molar-refractivity contribution in [3.63, 3.8) is 0 Å². The van der Waals surface area contributed by atoms with Gasteiger partial charge in [0.1, 0.15) is 13.2 Å². The molecule has 0 aliphatic heterocycles. The van der Waals surface area contributed by atoms with Crippen LogP contribution in [0, 0.1) is 0 Å². The van der Waals surface area contributed by atoms with E-state index in [1.807, 2.05) is 0 Å². The van der Waals surface area contributed by atoms with Crippen molar-refractivity contribution < 1.29 is 18.2 Å². The van der Waals surface area contributed by atoms with Gasteiger partial charge in [0.05, 0.1) is 0 Å². The third kappa shape index (κ3) is 22.7. The molecule has 0 fully saturated rings. The Morgan fingerprint density at radius 3 is 1.43 bits per heavy atom. The molecule has 0 radical (unpaired) electrons. The van der Waals surface area contributed by atoms with Gasteiger partial charge in [0.25, 0.3) is 0 Å². The fourth-order valence-electron chi connectivity index (χ4n) is 0.516. The summed E-state index contributed by atoms with van der Waals surface area (Å²) in [5.41, 5.74) is 0. The first-order valence-electron chi connectivity index (χ1n) is 4.81. The molecule has 0 aliphatic carbocycles. The first-order valence-corrected chi connectivity index (χ1v) is 6.44. The summed E-state index contributed by atoms with van der Waals surface area (Å²) in [5, 5.41) is 0. The quantitative estimate of drug-likeness (QED) is 0.483. The Morgan fingerprint density at radius 1 is 0.857 bits per heavy atom. The average molecular weight is 242 g/mol. The minimum Gasteiger partial charge on any atom is -0.148 e. The molecule has 0 spiro atoms. The molecule has 0 aromatic heterocycles. The third-order valence-corrected chi connectivity index (χ3v) is 1.96. The molecule has 0 rings (SSSR count). The average Bonchev–Trinajstić information content (AvgIpc) is 2.21. The van der Waals surface area contributed by atoms with Crippen molar-refractivity contribution in [1.29, 1.82) is 0 Å². The SMILES string of the molecule is CCCCO[PH+]=O.CCCCO[PH+]=O. The predicted octanol–water partition coefficient (Wildman–Crippen LogP) is 3.48. The van der Waals surface area contributed by atoms with E-state index in [2.05, 4.69) is 22.9 Å². The summed E-state index contributed by atoms with van der Waals surface area (Å²) in [6.45, 7) is 5.41. The molecule has 2 unspecified atom stereocenters. The summed E-state index contributed by atoms with van der Waals surface area (Å²) in [6, 6.07) is 0. The summed E-state index contributed by atoms with van der Waals surface area (Å²) in [7, 11) is -1.16. The molecule has 0 aliphatic rings. The molecule has 84 valence electrons. The van der Waals surface area contributed by atoms with Gasteiger partial charge in [-0.3, -0.25) is 0 Å². The van der Waals surface area contributed by atoms with Crippen LogP contribution in [0.1, 0.15) is 39.5 Å². The molecule has 0 saturated heterocycles. The molecule has 2 atom stereocenters. The van der Waals surface area contributed by atoms with Gasteiger partial charge < -0.3 is 0 Å². The van der Waals surface area contributed by atoms with Gasteiger partial charge >= 0.3 is 17.4 Å². The summed E-state index contributed by atoms with van der Waals surface area (Å²) in [6.07, 6.45) is 4.22. The minimum absolute atomic E-state index is 0.582. The second-order valence-corrected chi connectivity index (χ2v) is 3.48. The Hall–Kier alpha value is 0.120. The zero-order chi connectivity index (χ0) is 11.1. The van der Waals surface area contributed by atoms with Crippen LogP contribution in [0.15, 0.2) is 0 Å². The maximum Gasteiger partial charge on any atom is 0.494 e. The molecule has 4 nitrogen and oxygen atoms in total. The van der Waals surface area contributed by atoms with Crippen molar-refractivity contribution in [2.24, 2.45) is 0 Å². The Balaban J connectivity index is 0. The van der Waals surface area contributed by atoms with Gasteiger partial charge in [-0.1, -0.05) is 26.7 Å². The van der Waals surface area contributed by atoms with E-state index in [4.69, 9.17) is 0 Å². The fraction of sp³-hybridized carbons (Fsp3) is 1.00. The summed E-state index contributed by atoms with van der Waals surface area (Å²) in [5.74, 6) is 0. The van der Waals surface area contributed by atoms with E-state index in [0.717, 1.165) is 25.7 Å². The molecule has 0 heterocycles. The fourth-order valence-corrected chi connectivity index (χ4v) is 0.972. The summed E-state index contributed by atoms with van der Waals surface area (Å²) < 4.78 is 28.3. The number of hydrogen-bond acceptors (Lipinski definition) is 4. The lowest BCUT2D eigenvalue weighted by Gasteiger charge is -1.81. The second kappa shape index (κ2) is 18.8. The zero-order valence-corrected chi connectivity index (χ0v) is 10.9. The molecular formula is C8H20O4P2+2. The smallest absolute Gasteiger partial charge is 0.148 e. The highest BCUT2D eigenvalue weighted by Crippen LogP contribution is 1.96. The normalized spacial score (nSPS) is 9.86. The van der Waals surface area contributed by atoms with E-state index in [0.29, 0.717) is 13.2 Å². The minimum atomic E-state index is -0.582. The maximum absolute atomic E-state index is 9.61. The first-order chi connectivity index (χ1) is 6.83. The first kappa shape index (κ1) is 16.5. The highest BCUT2D eigenvalue weighted by molar-refractivity contribution is 7.17. The van der Waals surface area contributed by atoms with Crippen LogP contribution in [0.5, 0.6) is 0 Å². The molecule has 6 heteroatoms. The molecule has 0 bridgehead atoms. The Morgan fingerprint density at radius 2 is 1.21 bits per heavy atom. The van der Waals surface area contributed by atoms with Gasteiger partial charge in [0.15, 0.2) is 0 Å². The van der Waals surface area contributed by atoms with Crippen molar-refractivity contribution in [2.45, 2.75) is 39.5 Å². The highest BCUT2D eigenvalue weighted by Gasteiger charge is 1.87. The van der Waals surface area contributed by atoms with Gasteiger partial charge in [0.2, 0.25) is 0 Å². The van der Waals surface area contributed by atoms with Crippen LogP contribution < -0.4 is 0 Å². The van der Waals surface area contributed by atoms with E-state index >= 15 is 0 Å². The van der Waals surface area contributed by atoms with Gasteiger partial charge in [-0.05, 0) is 22.0 Å². The molecular weight excluding hydrogens is 222 g/mol. The second-order valence-electron chi connectivity index (χ2n) is 2.57. The van der Waals surface area contributed by atoms with E-state index in [-0.39, 0.29) is 0 Å².